The van der Waals surface area contributed by atoms with Crippen LogP contribution in [-0.2, 0) is 0 Å². The zero-order valence-electron chi connectivity index (χ0n) is 10.8. The molecule has 6 heteroatoms. The predicted octanol–water partition coefficient (Wildman–Crippen LogP) is 3.13. The van der Waals surface area contributed by atoms with Crippen LogP contribution >= 0.6 is 0 Å². The molecule has 0 radical (unpaired) electrons. The van der Waals surface area contributed by atoms with Crippen molar-refractivity contribution in [1.29, 1.82) is 0 Å². The summed E-state index contributed by atoms with van der Waals surface area (Å²) in [5.74, 6) is -0.688. The van der Waals surface area contributed by atoms with E-state index in [0.717, 1.165) is 0 Å². The Morgan fingerprint density at radius 2 is 2.05 bits per heavy atom. The maximum atomic E-state index is 13.6. The molecule has 5 nitrogen and oxygen atoms in total. The van der Waals surface area contributed by atoms with Gasteiger partial charge in [-0.15, -0.1) is 0 Å². The summed E-state index contributed by atoms with van der Waals surface area (Å²) in [6, 6.07) is 10.9. The van der Waals surface area contributed by atoms with Gasteiger partial charge in [0.2, 0.25) is 0 Å². The van der Waals surface area contributed by atoms with Gasteiger partial charge in [0.1, 0.15) is 5.82 Å². The zero-order valence-corrected chi connectivity index (χ0v) is 10.8. The summed E-state index contributed by atoms with van der Waals surface area (Å²) in [5, 5.41) is 6.28. The van der Waals surface area contributed by atoms with Crippen LogP contribution in [0, 0.1) is 5.82 Å². The van der Waals surface area contributed by atoms with Gasteiger partial charge in [0.15, 0.2) is 11.5 Å². The first kappa shape index (κ1) is 13.0. The van der Waals surface area contributed by atoms with Gasteiger partial charge in [-0.2, -0.15) is 0 Å². The lowest BCUT2D eigenvalue weighted by atomic mass is 10.1. The second kappa shape index (κ2) is 5.54. The van der Waals surface area contributed by atoms with Crippen molar-refractivity contribution in [1.82, 2.24) is 10.1 Å². The van der Waals surface area contributed by atoms with Crippen LogP contribution in [0.2, 0.25) is 0 Å². The molecule has 0 spiro atoms. The van der Waals surface area contributed by atoms with Gasteiger partial charge in [0.25, 0.3) is 5.91 Å². The molecule has 1 amide bonds. The molecule has 1 aromatic carbocycles. The molecule has 0 aliphatic rings. The number of pyridine rings is 1. The van der Waals surface area contributed by atoms with Gasteiger partial charge in [0.05, 0.1) is 17.4 Å². The highest BCUT2D eigenvalue weighted by Crippen LogP contribution is 2.23. The molecule has 0 atom stereocenters. The fourth-order valence-electron chi connectivity index (χ4n) is 1.80. The summed E-state index contributed by atoms with van der Waals surface area (Å²) >= 11 is 0. The van der Waals surface area contributed by atoms with E-state index in [1.165, 1.54) is 18.3 Å². The Bertz CT molecular complexity index is 771. The fourth-order valence-corrected chi connectivity index (χ4v) is 1.80. The number of halogens is 1. The number of anilines is 1. The standard InChI is InChI=1S/C15H10FN3O2/c16-12-6-2-1-5-11(12)14-8-13(19-21-14)15(20)18-10-4-3-7-17-9-10/h1-9H,(H,18,20). The van der Waals surface area contributed by atoms with Crippen LogP contribution < -0.4 is 5.32 Å². The number of nitrogens with zero attached hydrogens (tertiary/aromatic N) is 2. The Labute approximate surface area is 119 Å². The molecule has 0 unspecified atom stereocenters. The topological polar surface area (TPSA) is 68.0 Å². The van der Waals surface area contributed by atoms with E-state index in [9.17, 15) is 9.18 Å². The molecular formula is C15H10FN3O2. The zero-order chi connectivity index (χ0) is 14.7. The Morgan fingerprint density at radius 3 is 2.81 bits per heavy atom. The Morgan fingerprint density at radius 1 is 1.19 bits per heavy atom. The van der Waals surface area contributed by atoms with Crippen molar-refractivity contribution in [3.63, 3.8) is 0 Å². The molecule has 0 aliphatic heterocycles. The molecular weight excluding hydrogens is 273 g/mol. The van der Waals surface area contributed by atoms with Gasteiger partial charge in [-0.25, -0.2) is 4.39 Å². The van der Waals surface area contributed by atoms with Crippen LogP contribution in [0.25, 0.3) is 11.3 Å². The van der Waals surface area contributed by atoms with E-state index in [2.05, 4.69) is 15.5 Å². The van der Waals surface area contributed by atoms with Crippen molar-refractivity contribution >= 4 is 11.6 Å². The fraction of sp³-hybridized carbons (Fsp3) is 0. The van der Waals surface area contributed by atoms with Gasteiger partial charge < -0.3 is 9.84 Å². The van der Waals surface area contributed by atoms with Gasteiger partial charge >= 0.3 is 0 Å². The molecule has 2 heterocycles. The number of benzene rings is 1. The molecule has 0 fully saturated rings. The van der Waals surface area contributed by atoms with E-state index in [4.69, 9.17) is 4.52 Å². The van der Waals surface area contributed by atoms with E-state index >= 15 is 0 Å². The van der Waals surface area contributed by atoms with E-state index in [0.29, 0.717) is 5.69 Å². The average molecular weight is 283 g/mol. The minimum atomic E-state index is -0.450. The number of hydrogen-bond acceptors (Lipinski definition) is 4. The second-order valence-electron chi connectivity index (χ2n) is 4.25. The lowest BCUT2D eigenvalue weighted by Crippen LogP contribution is -2.12. The predicted molar refractivity (Wildman–Crippen MR) is 74.1 cm³/mol. The first-order chi connectivity index (χ1) is 10.2. The van der Waals surface area contributed by atoms with E-state index < -0.39 is 11.7 Å². The van der Waals surface area contributed by atoms with Crippen molar-refractivity contribution < 1.29 is 13.7 Å². The minimum absolute atomic E-state index is 0.0668. The highest BCUT2D eigenvalue weighted by atomic mass is 19.1. The number of aromatic nitrogens is 2. The Balaban J connectivity index is 1.82. The molecule has 104 valence electrons. The van der Waals surface area contributed by atoms with Gasteiger partial charge in [0, 0.05) is 12.3 Å². The number of rotatable bonds is 3. The number of amides is 1. The third-order valence-corrected chi connectivity index (χ3v) is 2.80. The third kappa shape index (κ3) is 2.79. The van der Waals surface area contributed by atoms with E-state index in [1.54, 1.807) is 36.5 Å². The number of nitrogens with one attached hydrogen (secondary N) is 1. The van der Waals surface area contributed by atoms with Crippen molar-refractivity contribution in [3.8, 4) is 11.3 Å². The highest BCUT2D eigenvalue weighted by molar-refractivity contribution is 6.03. The summed E-state index contributed by atoms with van der Waals surface area (Å²) in [7, 11) is 0. The van der Waals surface area contributed by atoms with Crippen molar-refractivity contribution in [2.45, 2.75) is 0 Å². The summed E-state index contributed by atoms with van der Waals surface area (Å²) in [6.45, 7) is 0. The van der Waals surface area contributed by atoms with Gasteiger partial charge in [-0.1, -0.05) is 17.3 Å². The molecule has 0 saturated carbocycles. The van der Waals surface area contributed by atoms with Crippen LogP contribution in [0.4, 0.5) is 10.1 Å². The largest absolute Gasteiger partial charge is 0.355 e. The number of carbonyl (C=O) groups excluding carboxylic acids is 1. The molecule has 2 aromatic heterocycles. The smallest absolute Gasteiger partial charge is 0.277 e. The molecule has 0 bridgehead atoms. The quantitative estimate of drug-likeness (QED) is 0.801. The minimum Gasteiger partial charge on any atom is -0.355 e. The normalized spacial score (nSPS) is 10.3. The van der Waals surface area contributed by atoms with Crippen molar-refractivity contribution in [2.75, 3.05) is 5.32 Å². The van der Waals surface area contributed by atoms with Crippen LogP contribution in [0.5, 0.6) is 0 Å². The first-order valence-corrected chi connectivity index (χ1v) is 6.17. The number of carbonyl (C=O) groups is 1. The lowest BCUT2D eigenvalue weighted by Gasteiger charge is -2.00. The van der Waals surface area contributed by atoms with Crippen LogP contribution in [0.1, 0.15) is 10.5 Å². The molecule has 3 rings (SSSR count). The van der Waals surface area contributed by atoms with Crippen molar-refractivity contribution in [2.24, 2.45) is 0 Å². The molecule has 21 heavy (non-hydrogen) atoms. The Hall–Kier alpha value is -3.02. The average Bonchev–Trinajstić information content (AvgIpc) is 2.98. The molecule has 0 aliphatic carbocycles. The maximum absolute atomic E-state index is 13.6. The first-order valence-electron chi connectivity index (χ1n) is 6.17. The van der Waals surface area contributed by atoms with E-state index in [1.807, 2.05) is 0 Å². The number of hydrogen-bond donors (Lipinski definition) is 1. The lowest BCUT2D eigenvalue weighted by molar-refractivity contribution is 0.101. The highest BCUT2D eigenvalue weighted by Gasteiger charge is 2.15. The van der Waals surface area contributed by atoms with Gasteiger partial charge in [-0.3, -0.25) is 9.78 Å². The molecule has 3 aromatic rings. The second-order valence-corrected chi connectivity index (χ2v) is 4.25. The third-order valence-electron chi connectivity index (χ3n) is 2.80. The Kier molecular flexibility index (Phi) is 3.42. The SMILES string of the molecule is O=C(Nc1cccnc1)c1cc(-c2ccccc2F)on1. The van der Waals surface area contributed by atoms with Gasteiger partial charge in [-0.05, 0) is 24.3 Å². The summed E-state index contributed by atoms with van der Waals surface area (Å²) in [6.07, 6.45) is 3.11. The molecule has 1 N–H and O–H groups in total. The maximum Gasteiger partial charge on any atom is 0.277 e. The van der Waals surface area contributed by atoms with Crippen molar-refractivity contribution in [3.05, 3.63) is 66.4 Å². The van der Waals surface area contributed by atoms with E-state index in [-0.39, 0.29) is 17.0 Å². The molecule has 0 saturated heterocycles. The summed E-state index contributed by atoms with van der Waals surface area (Å²) < 4.78 is 18.7. The summed E-state index contributed by atoms with van der Waals surface area (Å²) in [4.78, 5) is 15.9. The van der Waals surface area contributed by atoms with Crippen LogP contribution in [0.3, 0.4) is 0 Å². The summed E-state index contributed by atoms with van der Waals surface area (Å²) in [5.41, 5.74) is 0.862. The van der Waals surface area contributed by atoms with Crippen LogP contribution in [-0.4, -0.2) is 16.0 Å². The van der Waals surface area contributed by atoms with Crippen LogP contribution in [0.15, 0.2) is 59.4 Å². The monoisotopic (exact) mass is 283 g/mol.